The van der Waals surface area contributed by atoms with Crippen LogP contribution in [0.15, 0.2) is 36.7 Å². The van der Waals surface area contributed by atoms with Crippen molar-refractivity contribution in [2.24, 2.45) is 0 Å². The zero-order chi connectivity index (χ0) is 18.6. The molecule has 0 radical (unpaired) electrons. The molecule has 2 aromatic rings. The van der Waals surface area contributed by atoms with Crippen molar-refractivity contribution < 1.29 is 4.79 Å². The molecule has 2 N–H and O–H groups in total. The average Bonchev–Trinajstić information content (AvgIpc) is 2.62. The number of carbonyl (C=O) groups is 1. The maximum absolute atomic E-state index is 12.1. The summed E-state index contributed by atoms with van der Waals surface area (Å²) >= 11 is 0. The quantitative estimate of drug-likeness (QED) is 0.876. The highest BCUT2D eigenvalue weighted by molar-refractivity contribution is 5.94. The number of aromatic nitrogens is 2. The van der Waals surface area contributed by atoms with E-state index in [4.69, 9.17) is 0 Å². The number of piperidine rings is 1. The van der Waals surface area contributed by atoms with Gasteiger partial charge in [0.15, 0.2) is 0 Å². The Morgan fingerprint density at radius 3 is 2.19 bits per heavy atom. The molecule has 3 rings (SSSR count). The summed E-state index contributed by atoms with van der Waals surface area (Å²) in [5, 5.41) is 6.07. The van der Waals surface area contributed by atoms with Gasteiger partial charge in [-0.05, 0) is 64.3 Å². The molecule has 1 amide bonds. The van der Waals surface area contributed by atoms with Crippen LogP contribution in [0.5, 0.6) is 0 Å². The number of anilines is 3. The van der Waals surface area contributed by atoms with Crippen LogP contribution in [0.2, 0.25) is 0 Å². The summed E-state index contributed by atoms with van der Waals surface area (Å²) in [7, 11) is 0. The monoisotopic (exact) mass is 353 g/mol. The lowest BCUT2D eigenvalue weighted by atomic mass is 10.1. The second-order valence-electron chi connectivity index (χ2n) is 7.72. The van der Waals surface area contributed by atoms with E-state index in [1.54, 1.807) is 12.4 Å². The molecule has 138 valence electrons. The van der Waals surface area contributed by atoms with E-state index in [-0.39, 0.29) is 11.4 Å². The molecular formula is C20H27N5O. The maximum Gasteiger partial charge on any atom is 0.254 e. The maximum atomic E-state index is 12.1. The van der Waals surface area contributed by atoms with Gasteiger partial charge in [-0.3, -0.25) is 4.79 Å². The van der Waals surface area contributed by atoms with Gasteiger partial charge in [-0.15, -0.1) is 0 Å². The van der Waals surface area contributed by atoms with Gasteiger partial charge in [-0.25, -0.2) is 9.97 Å². The van der Waals surface area contributed by atoms with Gasteiger partial charge in [-0.1, -0.05) is 0 Å². The highest BCUT2D eigenvalue weighted by atomic mass is 16.1. The van der Waals surface area contributed by atoms with E-state index < -0.39 is 0 Å². The SMILES string of the molecule is CC(C)(C)NC(=O)c1cnc(Nc2ccc(N3CCCCC3)cc2)nc1. The summed E-state index contributed by atoms with van der Waals surface area (Å²) in [6.07, 6.45) is 6.94. The van der Waals surface area contributed by atoms with Gasteiger partial charge in [0, 0.05) is 42.4 Å². The fourth-order valence-corrected chi connectivity index (χ4v) is 2.96. The third kappa shape index (κ3) is 4.94. The first-order valence-corrected chi connectivity index (χ1v) is 9.17. The van der Waals surface area contributed by atoms with Crippen molar-refractivity contribution in [3.8, 4) is 0 Å². The van der Waals surface area contributed by atoms with Crippen LogP contribution >= 0.6 is 0 Å². The van der Waals surface area contributed by atoms with Gasteiger partial charge in [0.05, 0.1) is 5.56 Å². The Hall–Kier alpha value is -2.63. The lowest BCUT2D eigenvalue weighted by molar-refractivity contribution is 0.0919. The number of carbonyl (C=O) groups excluding carboxylic acids is 1. The lowest BCUT2D eigenvalue weighted by Crippen LogP contribution is -2.40. The molecule has 1 aliphatic heterocycles. The first-order chi connectivity index (χ1) is 12.4. The van der Waals surface area contributed by atoms with Crippen LogP contribution in [0.25, 0.3) is 0 Å². The molecule has 2 heterocycles. The summed E-state index contributed by atoms with van der Waals surface area (Å²) in [5.74, 6) is 0.304. The van der Waals surface area contributed by atoms with Gasteiger partial charge in [0.1, 0.15) is 0 Å². The molecule has 1 saturated heterocycles. The predicted octanol–water partition coefficient (Wildman–Crippen LogP) is 3.74. The Kier molecular flexibility index (Phi) is 5.40. The Labute approximate surface area is 155 Å². The zero-order valence-corrected chi connectivity index (χ0v) is 15.7. The lowest BCUT2D eigenvalue weighted by Gasteiger charge is -2.28. The molecule has 0 unspecified atom stereocenters. The Bertz CT molecular complexity index is 728. The van der Waals surface area contributed by atoms with Crippen molar-refractivity contribution >= 4 is 23.2 Å². The number of rotatable bonds is 4. The van der Waals surface area contributed by atoms with Crippen molar-refractivity contribution in [1.82, 2.24) is 15.3 Å². The molecule has 0 aliphatic carbocycles. The van der Waals surface area contributed by atoms with Crippen LogP contribution in [-0.2, 0) is 0 Å². The van der Waals surface area contributed by atoms with Crippen LogP contribution in [0.1, 0.15) is 50.4 Å². The van der Waals surface area contributed by atoms with Gasteiger partial charge in [0.2, 0.25) is 5.95 Å². The summed E-state index contributed by atoms with van der Waals surface area (Å²) in [4.78, 5) is 23.0. The van der Waals surface area contributed by atoms with Crippen LogP contribution in [0.3, 0.4) is 0 Å². The van der Waals surface area contributed by atoms with Crippen LogP contribution in [0, 0.1) is 0 Å². The number of benzene rings is 1. The van der Waals surface area contributed by atoms with Crippen molar-refractivity contribution in [1.29, 1.82) is 0 Å². The van der Waals surface area contributed by atoms with Crippen molar-refractivity contribution in [3.63, 3.8) is 0 Å². The third-order valence-corrected chi connectivity index (χ3v) is 4.25. The number of hydrogen-bond donors (Lipinski definition) is 2. The Balaban J connectivity index is 1.61. The van der Waals surface area contributed by atoms with E-state index >= 15 is 0 Å². The minimum atomic E-state index is -0.288. The summed E-state index contributed by atoms with van der Waals surface area (Å²) in [5.41, 5.74) is 2.35. The molecule has 6 heteroatoms. The molecule has 1 fully saturated rings. The van der Waals surface area contributed by atoms with Crippen molar-refractivity contribution in [3.05, 3.63) is 42.2 Å². The van der Waals surface area contributed by atoms with E-state index in [0.717, 1.165) is 18.8 Å². The molecule has 0 saturated carbocycles. The van der Waals surface area contributed by atoms with E-state index in [0.29, 0.717) is 11.5 Å². The molecule has 1 aromatic carbocycles. The minimum absolute atomic E-state index is 0.171. The average molecular weight is 353 g/mol. The molecule has 1 aromatic heterocycles. The van der Waals surface area contributed by atoms with Crippen LogP contribution < -0.4 is 15.5 Å². The summed E-state index contributed by atoms with van der Waals surface area (Å²) in [6.45, 7) is 8.08. The second-order valence-corrected chi connectivity index (χ2v) is 7.72. The van der Waals surface area contributed by atoms with Gasteiger partial charge in [0.25, 0.3) is 5.91 Å². The van der Waals surface area contributed by atoms with Gasteiger partial charge in [-0.2, -0.15) is 0 Å². The number of nitrogens with one attached hydrogen (secondary N) is 2. The molecule has 0 spiro atoms. The topological polar surface area (TPSA) is 70.2 Å². The van der Waals surface area contributed by atoms with Crippen LogP contribution in [-0.4, -0.2) is 34.5 Å². The number of amides is 1. The van der Waals surface area contributed by atoms with E-state index in [9.17, 15) is 4.79 Å². The second kappa shape index (κ2) is 7.72. The number of hydrogen-bond acceptors (Lipinski definition) is 5. The van der Waals surface area contributed by atoms with E-state index in [1.807, 2.05) is 32.9 Å². The van der Waals surface area contributed by atoms with E-state index in [2.05, 4.69) is 37.6 Å². The highest BCUT2D eigenvalue weighted by Gasteiger charge is 2.16. The van der Waals surface area contributed by atoms with Crippen molar-refractivity contribution in [2.45, 2.75) is 45.6 Å². The summed E-state index contributed by atoms with van der Waals surface area (Å²) < 4.78 is 0. The molecule has 1 aliphatic rings. The Morgan fingerprint density at radius 2 is 1.62 bits per heavy atom. The number of nitrogens with zero attached hydrogens (tertiary/aromatic N) is 3. The molecule has 26 heavy (non-hydrogen) atoms. The highest BCUT2D eigenvalue weighted by Crippen LogP contribution is 2.22. The summed E-state index contributed by atoms with van der Waals surface area (Å²) in [6, 6.07) is 8.32. The third-order valence-electron chi connectivity index (χ3n) is 4.25. The smallest absolute Gasteiger partial charge is 0.254 e. The molecule has 0 atom stereocenters. The fourth-order valence-electron chi connectivity index (χ4n) is 2.96. The fraction of sp³-hybridized carbons (Fsp3) is 0.450. The normalized spacial score (nSPS) is 14.8. The van der Waals surface area contributed by atoms with E-state index in [1.165, 1.54) is 24.9 Å². The zero-order valence-electron chi connectivity index (χ0n) is 15.7. The largest absolute Gasteiger partial charge is 0.372 e. The first-order valence-electron chi connectivity index (χ1n) is 9.17. The van der Waals surface area contributed by atoms with Crippen LogP contribution in [0.4, 0.5) is 17.3 Å². The predicted molar refractivity (Wildman–Crippen MR) is 105 cm³/mol. The Morgan fingerprint density at radius 1 is 1.00 bits per heavy atom. The molecule has 0 bridgehead atoms. The standard InChI is InChI=1S/C20H27N5O/c1-20(2,3)24-18(26)15-13-21-19(22-14-15)23-16-7-9-17(10-8-16)25-11-5-4-6-12-25/h7-10,13-14H,4-6,11-12H2,1-3H3,(H,24,26)(H,21,22,23). The molecule has 6 nitrogen and oxygen atoms in total. The van der Waals surface area contributed by atoms with Gasteiger partial charge >= 0.3 is 0 Å². The first kappa shape index (κ1) is 18.2. The minimum Gasteiger partial charge on any atom is -0.372 e. The molecular weight excluding hydrogens is 326 g/mol. The van der Waals surface area contributed by atoms with Gasteiger partial charge < -0.3 is 15.5 Å². The van der Waals surface area contributed by atoms with Crippen molar-refractivity contribution in [2.75, 3.05) is 23.3 Å².